The molecule has 0 amide bonds. The van der Waals surface area contributed by atoms with Gasteiger partial charge in [-0.3, -0.25) is 0 Å². The highest BCUT2D eigenvalue weighted by atomic mass is 15.3. The predicted molar refractivity (Wildman–Crippen MR) is 67.5 cm³/mol. The van der Waals surface area contributed by atoms with Gasteiger partial charge in [0.15, 0.2) is 0 Å². The van der Waals surface area contributed by atoms with E-state index in [0.717, 1.165) is 18.1 Å². The lowest BCUT2D eigenvalue weighted by molar-refractivity contribution is 0.835. The number of hydrogen-bond acceptors (Lipinski definition) is 3. The quantitative estimate of drug-likeness (QED) is 0.874. The molecular formula is C13H16N4. The van der Waals surface area contributed by atoms with Gasteiger partial charge in [-0.15, -0.1) is 0 Å². The van der Waals surface area contributed by atoms with Crippen molar-refractivity contribution in [2.24, 2.45) is 0 Å². The molecule has 0 spiro atoms. The predicted octanol–water partition coefficient (Wildman–Crippen LogP) is 2.58. The summed E-state index contributed by atoms with van der Waals surface area (Å²) in [5.41, 5.74) is 2.27. The molecule has 1 aliphatic carbocycles. The van der Waals surface area contributed by atoms with Crippen LogP contribution in [-0.2, 0) is 0 Å². The number of nitrogens with one attached hydrogen (secondary N) is 1. The maximum Gasteiger partial charge on any atom is 0.128 e. The highest BCUT2D eigenvalue weighted by Crippen LogP contribution is 2.39. The van der Waals surface area contributed by atoms with Crippen LogP contribution in [0.3, 0.4) is 0 Å². The molecule has 3 rings (SSSR count). The number of nitrogens with zero attached hydrogens (tertiary/aromatic N) is 3. The van der Waals surface area contributed by atoms with Gasteiger partial charge >= 0.3 is 0 Å². The molecule has 1 saturated carbocycles. The van der Waals surface area contributed by atoms with Crippen molar-refractivity contribution in [1.82, 2.24) is 14.8 Å². The van der Waals surface area contributed by atoms with Gasteiger partial charge in [0, 0.05) is 30.9 Å². The minimum absolute atomic E-state index is 0.700. The van der Waals surface area contributed by atoms with Gasteiger partial charge in [0.1, 0.15) is 5.82 Å². The molecule has 0 atom stereocenters. The molecule has 0 aliphatic heterocycles. The molecular weight excluding hydrogens is 212 g/mol. The summed E-state index contributed by atoms with van der Waals surface area (Å²) in [7, 11) is 0. The van der Waals surface area contributed by atoms with E-state index in [2.05, 4.69) is 28.4 Å². The molecule has 88 valence electrons. The van der Waals surface area contributed by atoms with Gasteiger partial charge in [-0.2, -0.15) is 5.10 Å². The van der Waals surface area contributed by atoms with E-state index >= 15 is 0 Å². The third kappa shape index (κ3) is 2.16. The van der Waals surface area contributed by atoms with Crippen molar-refractivity contribution in [3.63, 3.8) is 0 Å². The van der Waals surface area contributed by atoms with Crippen LogP contribution in [0.1, 0.15) is 31.4 Å². The minimum atomic E-state index is 0.700. The maximum absolute atomic E-state index is 4.60. The van der Waals surface area contributed by atoms with Gasteiger partial charge in [0.2, 0.25) is 0 Å². The lowest BCUT2D eigenvalue weighted by Crippen LogP contribution is -2.01. The van der Waals surface area contributed by atoms with Crippen molar-refractivity contribution in [1.29, 1.82) is 0 Å². The molecule has 0 unspecified atom stereocenters. The van der Waals surface area contributed by atoms with Gasteiger partial charge in [-0.1, -0.05) is 0 Å². The van der Waals surface area contributed by atoms with Crippen molar-refractivity contribution < 1.29 is 0 Å². The van der Waals surface area contributed by atoms with E-state index in [-0.39, 0.29) is 0 Å². The van der Waals surface area contributed by atoms with Crippen molar-refractivity contribution in [3.8, 4) is 5.69 Å². The molecule has 0 radical (unpaired) electrons. The van der Waals surface area contributed by atoms with Crippen LogP contribution in [0.15, 0.2) is 30.6 Å². The Morgan fingerprint density at radius 2 is 2.29 bits per heavy atom. The van der Waals surface area contributed by atoms with Gasteiger partial charge in [0.25, 0.3) is 0 Å². The summed E-state index contributed by atoms with van der Waals surface area (Å²) in [6, 6.07) is 6.11. The standard InChI is InChI=1S/C13H16N4/c1-2-14-13-9-11(5-7-15-13)17-8-6-12(16-17)10-3-4-10/h5-10H,2-4H2,1H3,(H,14,15). The van der Waals surface area contributed by atoms with Crippen LogP contribution in [0, 0.1) is 0 Å². The van der Waals surface area contributed by atoms with E-state index in [1.165, 1.54) is 18.5 Å². The third-order valence-electron chi connectivity index (χ3n) is 2.97. The second-order valence-corrected chi connectivity index (χ2v) is 4.39. The van der Waals surface area contributed by atoms with Gasteiger partial charge in [-0.05, 0) is 31.9 Å². The van der Waals surface area contributed by atoms with Gasteiger partial charge < -0.3 is 5.32 Å². The second kappa shape index (κ2) is 4.20. The molecule has 1 fully saturated rings. The Bertz CT molecular complexity index is 514. The highest BCUT2D eigenvalue weighted by Gasteiger charge is 2.25. The number of hydrogen-bond donors (Lipinski definition) is 1. The SMILES string of the molecule is CCNc1cc(-n2ccc(C3CC3)n2)ccn1. The normalized spacial score (nSPS) is 14.9. The van der Waals surface area contributed by atoms with E-state index in [4.69, 9.17) is 0 Å². The average Bonchev–Trinajstić information content (AvgIpc) is 3.08. The number of pyridine rings is 1. The Labute approximate surface area is 101 Å². The highest BCUT2D eigenvalue weighted by molar-refractivity contribution is 5.44. The fraction of sp³-hybridized carbons (Fsp3) is 0.385. The first-order valence-electron chi connectivity index (χ1n) is 6.12. The summed E-state index contributed by atoms with van der Waals surface area (Å²) >= 11 is 0. The van der Waals surface area contributed by atoms with Crippen LogP contribution >= 0.6 is 0 Å². The molecule has 1 N–H and O–H groups in total. The van der Waals surface area contributed by atoms with Crippen molar-refractivity contribution in [2.75, 3.05) is 11.9 Å². The van der Waals surface area contributed by atoms with E-state index in [0.29, 0.717) is 5.92 Å². The van der Waals surface area contributed by atoms with Crippen molar-refractivity contribution in [2.45, 2.75) is 25.7 Å². The summed E-state index contributed by atoms with van der Waals surface area (Å²) in [5.74, 6) is 1.60. The smallest absolute Gasteiger partial charge is 0.128 e. The van der Waals surface area contributed by atoms with Crippen LogP contribution in [0.5, 0.6) is 0 Å². The van der Waals surface area contributed by atoms with Crippen molar-refractivity contribution >= 4 is 5.82 Å². The molecule has 1 aliphatic rings. The molecule has 2 aromatic rings. The first-order valence-corrected chi connectivity index (χ1v) is 6.12. The Hall–Kier alpha value is -1.84. The summed E-state index contributed by atoms with van der Waals surface area (Å²) < 4.78 is 1.93. The molecule has 0 bridgehead atoms. The first-order chi connectivity index (χ1) is 8.36. The number of rotatable bonds is 4. The van der Waals surface area contributed by atoms with E-state index < -0.39 is 0 Å². The zero-order valence-corrected chi connectivity index (χ0v) is 9.93. The molecule has 2 aromatic heterocycles. The zero-order chi connectivity index (χ0) is 11.7. The van der Waals surface area contributed by atoms with Crippen LogP contribution in [0.25, 0.3) is 5.69 Å². The zero-order valence-electron chi connectivity index (χ0n) is 9.93. The fourth-order valence-corrected chi connectivity index (χ4v) is 1.92. The molecule has 4 nitrogen and oxygen atoms in total. The summed E-state index contributed by atoms with van der Waals surface area (Å²) in [4.78, 5) is 4.26. The van der Waals surface area contributed by atoms with Crippen LogP contribution in [-0.4, -0.2) is 21.3 Å². The third-order valence-corrected chi connectivity index (χ3v) is 2.97. The summed E-state index contributed by atoms with van der Waals surface area (Å²) in [6.07, 6.45) is 6.41. The summed E-state index contributed by atoms with van der Waals surface area (Å²) in [6.45, 7) is 2.94. The fourth-order valence-electron chi connectivity index (χ4n) is 1.92. The number of anilines is 1. The Balaban J connectivity index is 1.88. The topological polar surface area (TPSA) is 42.7 Å². The Morgan fingerprint density at radius 3 is 3.06 bits per heavy atom. The van der Waals surface area contributed by atoms with Crippen molar-refractivity contribution in [3.05, 3.63) is 36.3 Å². The van der Waals surface area contributed by atoms with E-state index in [1.54, 1.807) is 0 Å². The molecule has 2 heterocycles. The minimum Gasteiger partial charge on any atom is -0.370 e. The molecule has 17 heavy (non-hydrogen) atoms. The first kappa shape index (κ1) is 10.3. The van der Waals surface area contributed by atoms with Crippen LogP contribution in [0.2, 0.25) is 0 Å². The lowest BCUT2D eigenvalue weighted by Gasteiger charge is -2.05. The molecule has 4 heteroatoms. The largest absolute Gasteiger partial charge is 0.370 e. The Morgan fingerprint density at radius 1 is 1.41 bits per heavy atom. The summed E-state index contributed by atoms with van der Waals surface area (Å²) in [5, 5.41) is 7.81. The van der Waals surface area contributed by atoms with Gasteiger partial charge in [-0.25, -0.2) is 9.67 Å². The van der Waals surface area contributed by atoms with Gasteiger partial charge in [0.05, 0.1) is 11.4 Å². The van der Waals surface area contributed by atoms with Crippen LogP contribution in [0.4, 0.5) is 5.82 Å². The monoisotopic (exact) mass is 228 g/mol. The molecule has 0 saturated heterocycles. The lowest BCUT2D eigenvalue weighted by atomic mass is 10.3. The Kier molecular flexibility index (Phi) is 2.55. The van der Waals surface area contributed by atoms with Crippen LogP contribution < -0.4 is 5.32 Å². The van der Waals surface area contributed by atoms with E-state index in [1.807, 2.05) is 29.2 Å². The second-order valence-electron chi connectivity index (χ2n) is 4.39. The van der Waals surface area contributed by atoms with E-state index in [9.17, 15) is 0 Å². The molecule has 0 aromatic carbocycles. The maximum atomic E-state index is 4.60. The average molecular weight is 228 g/mol. The number of aromatic nitrogens is 3.